The molecule has 3 N–H and O–H groups in total. The van der Waals surface area contributed by atoms with Crippen molar-refractivity contribution in [3.05, 3.63) is 16.1 Å². The number of thiazole rings is 1. The van der Waals surface area contributed by atoms with Crippen molar-refractivity contribution >= 4 is 23.2 Å². The number of nitrogens with zero attached hydrogens (tertiary/aromatic N) is 2. The average Bonchev–Trinajstić information content (AvgIpc) is 2.83. The number of hydrogen-bond acceptors (Lipinski definition) is 5. The summed E-state index contributed by atoms with van der Waals surface area (Å²) in [5.41, 5.74) is 6.08. The van der Waals surface area contributed by atoms with Crippen LogP contribution in [-0.4, -0.2) is 40.8 Å². The summed E-state index contributed by atoms with van der Waals surface area (Å²) in [6, 6.07) is -0.138. The lowest BCUT2D eigenvalue weighted by atomic mass is 10.3. The van der Waals surface area contributed by atoms with Gasteiger partial charge in [-0.15, -0.1) is 11.3 Å². The van der Waals surface area contributed by atoms with Crippen LogP contribution in [0.15, 0.2) is 5.38 Å². The first-order valence-corrected chi connectivity index (χ1v) is 7.52. The van der Waals surface area contributed by atoms with E-state index in [9.17, 15) is 9.59 Å². The summed E-state index contributed by atoms with van der Waals surface area (Å²) in [5.74, 6) is -0.410. The van der Waals surface area contributed by atoms with Crippen molar-refractivity contribution in [1.82, 2.24) is 15.2 Å². The minimum atomic E-state index is -0.241. The molecule has 0 aliphatic heterocycles. The SMILES string of the molecule is CCN(CC(=O)NC(C)C)C(=O)c1csc(C(C)N)n1. The second kappa shape index (κ2) is 7.35. The monoisotopic (exact) mass is 298 g/mol. The Morgan fingerprint density at radius 2 is 2.10 bits per heavy atom. The smallest absolute Gasteiger partial charge is 0.273 e. The number of aromatic nitrogens is 1. The van der Waals surface area contributed by atoms with Crippen LogP contribution in [0.1, 0.15) is 49.2 Å². The summed E-state index contributed by atoms with van der Waals surface area (Å²) in [7, 11) is 0. The van der Waals surface area contributed by atoms with Gasteiger partial charge in [0.15, 0.2) is 0 Å². The Hall–Kier alpha value is -1.47. The molecule has 1 unspecified atom stereocenters. The van der Waals surface area contributed by atoms with Crippen molar-refractivity contribution in [3.63, 3.8) is 0 Å². The Kier molecular flexibility index (Phi) is 6.09. The highest BCUT2D eigenvalue weighted by molar-refractivity contribution is 7.09. The number of carbonyl (C=O) groups excluding carboxylic acids is 2. The second-order valence-corrected chi connectivity index (χ2v) is 5.79. The van der Waals surface area contributed by atoms with Gasteiger partial charge in [0.2, 0.25) is 5.91 Å². The lowest BCUT2D eigenvalue weighted by Crippen LogP contribution is -2.42. The molecule has 6 nitrogen and oxygen atoms in total. The molecule has 0 aromatic carbocycles. The van der Waals surface area contributed by atoms with Crippen LogP contribution in [0.3, 0.4) is 0 Å². The van der Waals surface area contributed by atoms with Gasteiger partial charge in [0, 0.05) is 18.0 Å². The van der Waals surface area contributed by atoms with Gasteiger partial charge >= 0.3 is 0 Å². The molecular formula is C13H22N4O2S. The molecule has 1 rings (SSSR count). The van der Waals surface area contributed by atoms with Crippen LogP contribution in [0.25, 0.3) is 0 Å². The van der Waals surface area contributed by atoms with Gasteiger partial charge in [-0.25, -0.2) is 4.98 Å². The van der Waals surface area contributed by atoms with Crippen LogP contribution in [0.4, 0.5) is 0 Å². The molecule has 1 aromatic heterocycles. The van der Waals surface area contributed by atoms with Gasteiger partial charge in [-0.1, -0.05) is 0 Å². The van der Waals surface area contributed by atoms with E-state index in [1.807, 2.05) is 27.7 Å². The van der Waals surface area contributed by atoms with E-state index in [1.54, 1.807) is 5.38 Å². The minimum Gasteiger partial charge on any atom is -0.352 e. The highest BCUT2D eigenvalue weighted by Crippen LogP contribution is 2.17. The predicted octanol–water partition coefficient (Wildman–Crippen LogP) is 1.15. The number of nitrogens with one attached hydrogen (secondary N) is 1. The fraction of sp³-hybridized carbons (Fsp3) is 0.615. The summed E-state index contributed by atoms with van der Waals surface area (Å²) in [6.45, 7) is 7.91. The van der Waals surface area contributed by atoms with Crippen LogP contribution >= 0.6 is 11.3 Å². The standard InChI is InChI=1S/C13H22N4O2S/c1-5-17(6-11(18)15-8(2)3)13(19)10-7-20-12(16-10)9(4)14/h7-9H,5-6,14H2,1-4H3,(H,15,18). The molecule has 0 saturated carbocycles. The molecule has 2 amide bonds. The topological polar surface area (TPSA) is 88.3 Å². The maximum absolute atomic E-state index is 12.3. The van der Waals surface area contributed by atoms with E-state index in [4.69, 9.17) is 5.73 Å². The molecule has 1 atom stereocenters. The van der Waals surface area contributed by atoms with Crippen LogP contribution in [0.5, 0.6) is 0 Å². The maximum Gasteiger partial charge on any atom is 0.273 e. The Morgan fingerprint density at radius 3 is 2.55 bits per heavy atom. The van der Waals surface area contributed by atoms with E-state index in [2.05, 4.69) is 10.3 Å². The number of likely N-dealkylation sites (N-methyl/N-ethyl adjacent to an activating group) is 1. The highest BCUT2D eigenvalue weighted by Gasteiger charge is 2.20. The summed E-state index contributed by atoms with van der Waals surface area (Å²) >= 11 is 1.36. The van der Waals surface area contributed by atoms with E-state index in [-0.39, 0.29) is 30.4 Å². The lowest BCUT2D eigenvalue weighted by molar-refractivity contribution is -0.122. The first-order valence-electron chi connectivity index (χ1n) is 6.64. The third-order valence-corrected chi connectivity index (χ3v) is 3.63. The Balaban J connectivity index is 2.73. The van der Waals surface area contributed by atoms with Gasteiger partial charge in [-0.2, -0.15) is 0 Å². The zero-order valence-corrected chi connectivity index (χ0v) is 13.2. The molecular weight excluding hydrogens is 276 g/mol. The fourth-order valence-corrected chi connectivity index (χ4v) is 2.38. The van der Waals surface area contributed by atoms with Gasteiger partial charge in [0.25, 0.3) is 5.91 Å². The third kappa shape index (κ3) is 4.57. The van der Waals surface area contributed by atoms with Crippen LogP contribution in [0, 0.1) is 0 Å². The zero-order chi connectivity index (χ0) is 15.3. The van der Waals surface area contributed by atoms with E-state index < -0.39 is 0 Å². The van der Waals surface area contributed by atoms with Gasteiger partial charge in [-0.3, -0.25) is 9.59 Å². The molecule has 0 bridgehead atoms. The molecule has 0 aliphatic rings. The van der Waals surface area contributed by atoms with Crippen molar-refractivity contribution in [1.29, 1.82) is 0 Å². The maximum atomic E-state index is 12.3. The lowest BCUT2D eigenvalue weighted by Gasteiger charge is -2.20. The molecule has 0 aliphatic carbocycles. The summed E-state index contributed by atoms with van der Waals surface area (Å²) < 4.78 is 0. The molecule has 0 fully saturated rings. The van der Waals surface area contributed by atoms with E-state index in [1.165, 1.54) is 16.2 Å². The fourth-order valence-electron chi connectivity index (χ4n) is 1.63. The summed E-state index contributed by atoms with van der Waals surface area (Å²) in [5, 5.41) is 5.17. The summed E-state index contributed by atoms with van der Waals surface area (Å²) in [6.07, 6.45) is 0. The largest absolute Gasteiger partial charge is 0.352 e. The number of carbonyl (C=O) groups is 2. The van der Waals surface area contributed by atoms with E-state index >= 15 is 0 Å². The molecule has 0 radical (unpaired) electrons. The molecule has 0 spiro atoms. The minimum absolute atomic E-state index is 0.0402. The number of rotatable bonds is 6. The van der Waals surface area contributed by atoms with Crippen LogP contribution in [-0.2, 0) is 4.79 Å². The molecule has 20 heavy (non-hydrogen) atoms. The number of amides is 2. The molecule has 1 heterocycles. The molecule has 7 heteroatoms. The third-order valence-electron chi connectivity index (χ3n) is 2.58. The molecule has 0 saturated heterocycles. The number of hydrogen-bond donors (Lipinski definition) is 2. The van der Waals surface area contributed by atoms with Crippen LogP contribution < -0.4 is 11.1 Å². The van der Waals surface area contributed by atoms with Crippen molar-refractivity contribution in [2.24, 2.45) is 5.73 Å². The molecule has 112 valence electrons. The van der Waals surface area contributed by atoms with E-state index in [0.29, 0.717) is 12.2 Å². The normalized spacial score (nSPS) is 12.3. The molecule has 1 aromatic rings. The Morgan fingerprint density at radius 1 is 1.45 bits per heavy atom. The van der Waals surface area contributed by atoms with Gasteiger partial charge in [-0.05, 0) is 27.7 Å². The second-order valence-electron chi connectivity index (χ2n) is 4.90. The van der Waals surface area contributed by atoms with Crippen molar-refractivity contribution in [2.75, 3.05) is 13.1 Å². The summed E-state index contributed by atoms with van der Waals surface area (Å²) in [4.78, 5) is 29.7. The Bertz CT molecular complexity index is 471. The first kappa shape index (κ1) is 16.6. The van der Waals surface area contributed by atoms with Crippen molar-refractivity contribution < 1.29 is 9.59 Å². The van der Waals surface area contributed by atoms with E-state index in [0.717, 1.165) is 5.01 Å². The van der Waals surface area contributed by atoms with Crippen molar-refractivity contribution in [3.8, 4) is 0 Å². The average molecular weight is 298 g/mol. The van der Waals surface area contributed by atoms with Gasteiger partial charge < -0.3 is 16.0 Å². The predicted molar refractivity (Wildman–Crippen MR) is 79.6 cm³/mol. The number of nitrogens with two attached hydrogens (primary N) is 1. The van der Waals surface area contributed by atoms with Crippen LogP contribution in [0.2, 0.25) is 0 Å². The highest BCUT2D eigenvalue weighted by atomic mass is 32.1. The zero-order valence-electron chi connectivity index (χ0n) is 12.3. The van der Waals surface area contributed by atoms with Gasteiger partial charge in [0.1, 0.15) is 10.7 Å². The van der Waals surface area contributed by atoms with Crippen molar-refractivity contribution in [2.45, 2.75) is 39.8 Å². The quantitative estimate of drug-likeness (QED) is 0.824. The first-order chi connectivity index (χ1) is 9.35. The van der Waals surface area contributed by atoms with Gasteiger partial charge in [0.05, 0.1) is 12.6 Å². The Labute approximate surface area is 123 Å².